The van der Waals surface area contributed by atoms with Gasteiger partial charge in [0.25, 0.3) is 5.91 Å². The summed E-state index contributed by atoms with van der Waals surface area (Å²) in [6.07, 6.45) is 1.16. The predicted molar refractivity (Wildman–Crippen MR) is 89.9 cm³/mol. The Morgan fingerprint density at radius 3 is 2.75 bits per heavy atom. The van der Waals surface area contributed by atoms with Gasteiger partial charge in [-0.2, -0.15) is 0 Å². The van der Waals surface area contributed by atoms with Crippen LogP contribution in [-0.2, 0) is 6.61 Å². The maximum absolute atomic E-state index is 13.0. The van der Waals surface area contributed by atoms with E-state index in [2.05, 4.69) is 19.0 Å². The zero-order valence-electron chi connectivity index (χ0n) is 14.3. The first-order valence-corrected chi connectivity index (χ1v) is 8.54. The highest BCUT2D eigenvalue weighted by molar-refractivity contribution is 5.95. The second kappa shape index (κ2) is 5.65. The largest absolute Gasteiger partial charge is 0.488 e. The maximum Gasteiger partial charge on any atom is 0.276 e. The second-order valence-electron chi connectivity index (χ2n) is 7.28. The average Bonchev–Trinajstić information content (AvgIpc) is 2.97. The Morgan fingerprint density at radius 1 is 1.25 bits per heavy atom. The van der Waals surface area contributed by atoms with E-state index in [0.29, 0.717) is 29.9 Å². The molecular formula is C19H22N2O3. The highest BCUT2D eigenvalue weighted by atomic mass is 16.5. The fourth-order valence-electron chi connectivity index (χ4n) is 3.90. The van der Waals surface area contributed by atoms with Gasteiger partial charge in [0.1, 0.15) is 12.4 Å². The number of hydrogen-bond acceptors (Lipinski definition) is 4. The number of amides is 1. The maximum atomic E-state index is 13.0. The number of benzene rings is 1. The normalized spacial score (nSPS) is 22.5. The summed E-state index contributed by atoms with van der Waals surface area (Å²) in [7, 11) is 0. The van der Waals surface area contributed by atoms with Gasteiger partial charge in [0.2, 0.25) is 0 Å². The van der Waals surface area contributed by atoms with Gasteiger partial charge in [-0.15, -0.1) is 0 Å². The van der Waals surface area contributed by atoms with E-state index in [1.165, 1.54) is 0 Å². The minimum atomic E-state index is -0.0434. The number of rotatable bonds is 1. The van der Waals surface area contributed by atoms with E-state index in [0.717, 1.165) is 42.0 Å². The number of aromatic nitrogens is 1. The van der Waals surface area contributed by atoms with Crippen LogP contribution in [0.4, 0.5) is 0 Å². The Kier molecular flexibility index (Phi) is 3.59. The number of likely N-dealkylation sites (tertiary alicyclic amines) is 1. The van der Waals surface area contributed by atoms with Gasteiger partial charge in [0, 0.05) is 13.1 Å². The van der Waals surface area contributed by atoms with Crippen molar-refractivity contribution in [1.29, 1.82) is 0 Å². The first-order valence-electron chi connectivity index (χ1n) is 8.54. The molecule has 0 N–H and O–H groups in total. The third kappa shape index (κ3) is 2.48. The number of ether oxygens (including phenoxy) is 1. The summed E-state index contributed by atoms with van der Waals surface area (Å²) in [5, 5.41) is 4.11. The fraction of sp³-hybridized carbons (Fsp3) is 0.474. The standard InChI is InChI=1S/C19H22N2O3/c1-11-4-5-16-14(7-11)18-15(10-23-16)17(20-24-18)19(22)21-8-12(2)6-13(3)9-21/h4-5,7,12-13H,6,8-10H2,1-3H3/t12-,13-/m1/s1. The summed E-state index contributed by atoms with van der Waals surface area (Å²) in [4.78, 5) is 14.9. The van der Waals surface area contributed by atoms with Gasteiger partial charge in [-0.25, -0.2) is 0 Å². The lowest BCUT2D eigenvalue weighted by Crippen LogP contribution is -2.43. The average molecular weight is 326 g/mol. The quantitative estimate of drug-likeness (QED) is 0.802. The number of hydrogen-bond donors (Lipinski definition) is 0. The highest BCUT2D eigenvalue weighted by Gasteiger charge is 2.33. The van der Waals surface area contributed by atoms with Crippen LogP contribution in [0.15, 0.2) is 22.7 Å². The second-order valence-corrected chi connectivity index (χ2v) is 7.28. The molecule has 2 aromatic rings. The number of carbonyl (C=O) groups excluding carboxylic acids is 1. The van der Waals surface area contributed by atoms with E-state index in [9.17, 15) is 4.79 Å². The molecule has 2 atom stereocenters. The van der Waals surface area contributed by atoms with Crippen LogP contribution in [0.2, 0.25) is 0 Å². The Hall–Kier alpha value is -2.30. The van der Waals surface area contributed by atoms with Crippen LogP contribution in [0.5, 0.6) is 5.75 Å². The van der Waals surface area contributed by atoms with Crippen molar-refractivity contribution in [1.82, 2.24) is 10.1 Å². The lowest BCUT2D eigenvalue weighted by molar-refractivity contribution is 0.0610. The smallest absolute Gasteiger partial charge is 0.276 e. The van der Waals surface area contributed by atoms with Crippen LogP contribution < -0.4 is 4.74 Å². The van der Waals surface area contributed by atoms with Crippen molar-refractivity contribution in [2.75, 3.05) is 13.1 Å². The van der Waals surface area contributed by atoms with Gasteiger partial charge in [0.05, 0.1) is 11.1 Å². The molecule has 2 aliphatic heterocycles. The van der Waals surface area contributed by atoms with Crippen LogP contribution in [0.1, 0.15) is 41.9 Å². The first kappa shape index (κ1) is 15.2. The van der Waals surface area contributed by atoms with Crippen molar-refractivity contribution < 1.29 is 14.1 Å². The minimum absolute atomic E-state index is 0.0434. The van der Waals surface area contributed by atoms with E-state index in [4.69, 9.17) is 9.26 Å². The Labute approximate surface area is 141 Å². The van der Waals surface area contributed by atoms with Gasteiger partial charge in [-0.05, 0) is 37.3 Å². The summed E-state index contributed by atoms with van der Waals surface area (Å²) >= 11 is 0. The van der Waals surface area contributed by atoms with E-state index >= 15 is 0 Å². The molecule has 4 rings (SSSR count). The van der Waals surface area contributed by atoms with Crippen LogP contribution in [-0.4, -0.2) is 29.1 Å². The summed E-state index contributed by atoms with van der Waals surface area (Å²) < 4.78 is 11.4. The van der Waals surface area contributed by atoms with Gasteiger partial charge < -0.3 is 14.2 Å². The third-order valence-corrected chi connectivity index (χ3v) is 4.90. The molecule has 126 valence electrons. The molecule has 0 spiro atoms. The summed E-state index contributed by atoms with van der Waals surface area (Å²) in [5.74, 6) is 2.43. The van der Waals surface area contributed by atoms with Crippen molar-refractivity contribution >= 4 is 5.91 Å². The molecule has 3 heterocycles. The molecule has 2 aliphatic rings. The zero-order chi connectivity index (χ0) is 16.8. The minimum Gasteiger partial charge on any atom is -0.488 e. The van der Waals surface area contributed by atoms with Crippen LogP contribution in [0, 0.1) is 18.8 Å². The predicted octanol–water partition coefficient (Wildman–Crippen LogP) is 3.66. The highest BCUT2D eigenvalue weighted by Crippen LogP contribution is 2.39. The molecule has 1 aromatic carbocycles. The Balaban J connectivity index is 1.68. The van der Waals surface area contributed by atoms with Crippen LogP contribution in [0.3, 0.4) is 0 Å². The molecule has 5 nitrogen and oxygen atoms in total. The first-order chi connectivity index (χ1) is 11.5. The van der Waals surface area contributed by atoms with Gasteiger partial charge >= 0.3 is 0 Å². The molecule has 0 unspecified atom stereocenters. The van der Waals surface area contributed by atoms with E-state index in [1.54, 1.807) is 0 Å². The molecule has 5 heteroatoms. The molecule has 1 amide bonds. The molecule has 0 saturated carbocycles. The molecule has 0 radical (unpaired) electrons. The van der Waals surface area contributed by atoms with Crippen molar-refractivity contribution in [3.8, 4) is 17.1 Å². The SMILES string of the molecule is Cc1ccc2c(c1)-c1onc(C(=O)N3C[C@H](C)C[C@@H](C)C3)c1CO2. The van der Waals surface area contributed by atoms with Crippen molar-refractivity contribution in [2.45, 2.75) is 33.8 Å². The topological polar surface area (TPSA) is 55.6 Å². The Morgan fingerprint density at radius 2 is 2.00 bits per heavy atom. The third-order valence-electron chi connectivity index (χ3n) is 4.90. The van der Waals surface area contributed by atoms with Crippen LogP contribution >= 0.6 is 0 Å². The molecule has 24 heavy (non-hydrogen) atoms. The summed E-state index contributed by atoms with van der Waals surface area (Å²) in [5.41, 5.74) is 3.17. The van der Waals surface area contributed by atoms with Gasteiger partial charge in [-0.1, -0.05) is 30.6 Å². The van der Waals surface area contributed by atoms with Crippen molar-refractivity contribution in [2.24, 2.45) is 11.8 Å². The molecule has 1 aromatic heterocycles. The summed E-state index contributed by atoms with van der Waals surface area (Å²) in [6, 6.07) is 5.95. The molecular weight excluding hydrogens is 304 g/mol. The van der Waals surface area contributed by atoms with E-state index in [-0.39, 0.29) is 5.91 Å². The lowest BCUT2D eigenvalue weighted by Gasteiger charge is -2.34. The lowest BCUT2D eigenvalue weighted by atomic mass is 9.91. The fourth-order valence-corrected chi connectivity index (χ4v) is 3.90. The van der Waals surface area contributed by atoms with Crippen molar-refractivity contribution in [3.05, 3.63) is 35.0 Å². The molecule has 1 fully saturated rings. The zero-order valence-corrected chi connectivity index (χ0v) is 14.3. The summed E-state index contributed by atoms with van der Waals surface area (Å²) in [6.45, 7) is 8.29. The molecule has 1 saturated heterocycles. The molecule has 0 aliphatic carbocycles. The monoisotopic (exact) mass is 326 g/mol. The molecule has 0 bridgehead atoms. The number of aryl methyl sites for hydroxylation is 1. The number of carbonyl (C=O) groups is 1. The Bertz CT molecular complexity index is 786. The van der Waals surface area contributed by atoms with E-state index in [1.807, 2.05) is 30.0 Å². The van der Waals surface area contributed by atoms with Crippen LogP contribution in [0.25, 0.3) is 11.3 Å². The number of nitrogens with zero attached hydrogens (tertiary/aromatic N) is 2. The number of fused-ring (bicyclic) bond motifs is 3. The van der Waals surface area contributed by atoms with Gasteiger partial charge in [-0.3, -0.25) is 4.79 Å². The van der Waals surface area contributed by atoms with Gasteiger partial charge in [0.15, 0.2) is 11.5 Å². The van der Waals surface area contributed by atoms with Crippen molar-refractivity contribution in [3.63, 3.8) is 0 Å². The van der Waals surface area contributed by atoms with E-state index < -0.39 is 0 Å². The number of piperidine rings is 1.